The summed E-state index contributed by atoms with van der Waals surface area (Å²) in [7, 11) is 1.51. The van der Waals surface area contributed by atoms with Gasteiger partial charge in [-0.25, -0.2) is 0 Å². The number of benzene rings is 1. The van der Waals surface area contributed by atoms with Crippen LogP contribution in [0.15, 0.2) is 18.2 Å². The number of rotatable bonds is 8. The lowest BCUT2D eigenvalue weighted by Crippen LogP contribution is -2.44. The lowest BCUT2D eigenvalue weighted by atomic mass is 9.93. The van der Waals surface area contributed by atoms with Crippen LogP contribution in [0.5, 0.6) is 5.75 Å². The molecule has 0 heterocycles. The number of ether oxygens (including phenoxy) is 2. The van der Waals surface area contributed by atoms with E-state index in [1.807, 2.05) is 13.8 Å². The molecule has 1 amide bonds. The molecule has 0 radical (unpaired) electrons. The summed E-state index contributed by atoms with van der Waals surface area (Å²) in [5, 5.41) is 12.0. The Balaban J connectivity index is 2.96. The minimum absolute atomic E-state index is 0.200. The van der Waals surface area contributed by atoms with Crippen LogP contribution in [0, 0.1) is 17.2 Å². The van der Waals surface area contributed by atoms with Crippen molar-refractivity contribution in [1.29, 1.82) is 5.26 Å². The van der Waals surface area contributed by atoms with E-state index in [1.54, 1.807) is 18.2 Å². The first-order valence-corrected chi connectivity index (χ1v) is 7.89. The van der Waals surface area contributed by atoms with Crippen LogP contribution in [0.2, 0.25) is 0 Å². The van der Waals surface area contributed by atoms with Gasteiger partial charge >= 0.3 is 0 Å². The zero-order chi connectivity index (χ0) is 17.5. The number of hydrogen-bond donors (Lipinski definition) is 1. The van der Waals surface area contributed by atoms with Gasteiger partial charge < -0.3 is 14.8 Å². The summed E-state index contributed by atoms with van der Waals surface area (Å²) < 4.78 is 10.9. The van der Waals surface area contributed by atoms with Crippen LogP contribution in [0.25, 0.3) is 0 Å². The Bertz CT molecular complexity index is 578. The van der Waals surface area contributed by atoms with Gasteiger partial charge in [0.2, 0.25) is 0 Å². The fourth-order valence-electron chi connectivity index (χ4n) is 2.46. The molecule has 5 heteroatoms. The highest BCUT2D eigenvalue weighted by Crippen LogP contribution is 2.26. The van der Waals surface area contributed by atoms with Gasteiger partial charge in [0, 0.05) is 12.3 Å². The predicted molar refractivity (Wildman–Crippen MR) is 90.4 cm³/mol. The van der Waals surface area contributed by atoms with Crippen LogP contribution in [-0.2, 0) is 9.53 Å². The largest absolute Gasteiger partial charge is 0.495 e. The molecule has 5 nitrogen and oxygen atoms in total. The van der Waals surface area contributed by atoms with Crippen LogP contribution in [-0.4, -0.2) is 25.2 Å². The predicted octanol–water partition coefficient (Wildman–Crippen LogP) is 3.74. The van der Waals surface area contributed by atoms with E-state index in [0.717, 1.165) is 6.42 Å². The van der Waals surface area contributed by atoms with Crippen molar-refractivity contribution in [2.45, 2.75) is 46.1 Å². The minimum atomic E-state index is -0.892. The summed E-state index contributed by atoms with van der Waals surface area (Å²) in [6, 6.07) is 7.04. The van der Waals surface area contributed by atoms with Gasteiger partial charge in [-0.1, -0.05) is 20.8 Å². The van der Waals surface area contributed by atoms with E-state index in [2.05, 4.69) is 25.2 Å². The third kappa shape index (κ3) is 5.26. The molecule has 1 N–H and O–H groups in total. The number of methoxy groups -OCH3 is 1. The normalized spacial score (nSPS) is 13.3. The van der Waals surface area contributed by atoms with E-state index in [0.29, 0.717) is 35.9 Å². The summed E-state index contributed by atoms with van der Waals surface area (Å²) in [6.45, 7) is 8.47. The van der Waals surface area contributed by atoms with Gasteiger partial charge in [0.1, 0.15) is 17.4 Å². The number of carbonyl (C=O) groups is 1. The SMILES string of the molecule is CCCO[C@](C)(CC(C)C)C(=O)Nc1ccc(OC)c(C#N)c1. The molecule has 0 aliphatic carbocycles. The molecule has 1 aromatic rings. The molecule has 0 aliphatic heterocycles. The van der Waals surface area contributed by atoms with Crippen molar-refractivity contribution in [3.8, 4) is 11.8 Å². The highest BCUT2D eigenvalue weighted by atomic mass is 16.5. The second-order valence-electron chi connectivity index (χ2n) is 6.16. The number of nitrogens with one attached hydrogen (secondary N) is 1. The van der Waals surface area contributed by atoms with Crippen LogP contribution >= 0.6 is 0 Å². The van der Waals surface area contributed by atoms with Crippen molar-refractivity contribution in [2.24, 2.45) is 5.92 Å². The molecule has 0 saturated heterocycles. The number of amides is 1. The van der Waals surface area contributed by atoms with Gasteiger partial charge in [-0.3, -0.25) is 4.79 Å². The lowest BCUT2D eigenvalue weighted by molar-refractivity contribution is -0.141. The number of carbonyl (C=O) groups excluding carboxylic acids is 1. The summed E-state index contributed by atoms with van der Waals surface area (Å²) in [5.74, 6) is 0.611. The monoisotopic (exact) mass is 318 g/mol. The average Bonchev–Trinajstić information content (AvgIpc) is 2.52. The van der Waals surface area contributed by atoms with Crippen molar-refractivity contribution in [3.63, 3.8) is 0 Å². The quantitative estimate of drug-likeness (QED) is 0.792. The number of anilines is 1. The average molecular weight is 318 g/mol. The third-order valence-corrected chi connectivity index (χ3v) is 3.48. The molecular weight excluding hydrogens is 292 g/mol. The molecule has 1 atom stereocenters. The van der Waals surface area contributed by atoms with Crippen LogP contribution in [0.3, 0.4) is 0 Å². The molecule has 0 saturated carbocycles. The zero-order valence-electron chi connectivity index (χ0n) is 14.6. The minimum Gasteiger partial charge on any atom is -0.495 e. The Morgan fingerprint density at radius 1 is 1.43 bits per heavy atom. The zero-order valence-corrected chi connectivity index (χ0v) is 14.6. The molecule has 0 aliphatic rings. The molecule has 0 fully saturated rings. The maximum Gasteiger partial charge on any atom is 0.256 e. The standard InChI is InChI=1S/C18H26N2O3/c1-6-9-23-18(4,11-13(2)3)17(21)20-15-7-8-16(22-5)14(10-15)12-19/h7-8,10,13H,6,9,11H2,1-5H3,(H,20,21)/t18-/m1/s1. The molecule has 126 valence electrons. The summed E-state index contributed by atoms with van der Waals surface area (Å²) >= 11 is 0. The van der Waals surface area contributed by atoms with Crippen molar-refractivity contribution < 1.29 is 14.3 Å². The second-order valence-corrected chi connectivity index (χ2v) is 6.16. The molecular formula is C18H26N2O3. The maximum atomic E-state index is 12.7. The Morgan fingerprint density at radius 3 is 2.65 bits per heavy atom. The summed E-state index contributed by atoms with van der Waals surface area (Å²) in [5.41, 5.74) is 0.0458. The number of nitriles is 1. The molecule has 0 bridgehead atoms. The first-order valence-electron chi connectivity index (χ1n) is 7.89. The molecule has 0 unspecified atom stereocenters. The van der Waals surface area contributed by atoms with E-state index in [-0.39, 0.29) is 5.91 Å². The smallest absolute Gasteiger partial charge is 0.256 e. The van der Waals surface area contributed by atoms with Crippen molar-refractivity contribution in [2.75, 3.05) is 19.0 Å². The van der Waals surface area contributed by atoms with E-state index < -0.39 is 5.60 Å². The van der Waals surface area contributed by atoms with E-state index >= 15 is 0 Å². The Hall–Kier alpha value is -2.06. The number of hydrogen-bond acceptors (Lipinski definition) is 4. The topological polar surface area (TPSA) is 71.3 Å². The van der Waals surface area contributed by atoms with E-state index in [4.69, 9.17) is 14.7 Å². The van der Waals surface area contributed by atoms with Crippen LogP contribution in [0.4, 0.5) is 5.69 Å². The highest BCUT2D eigenvalue weighted by molar-refractivity contribution is 5.97. The van der Waals surface area contributed by atoms with Gasteiger partial charge in [-0.15, -0.1) is 0 Å². The maximum absolute atomic E-state index is 12.7. The highest BCUT2D eigenvalue weighted by Gasteiger charge is 2.35. The van der Waals surface area contributed by atoms with Gasteiger partial charge in [0.25, 0.3) is 5.91 Å². The fourth-order valence-corrected chi connectivity index (χ4v) is 2.46. The summed E-state index contributed by atoms with van der Waals surface area (Å²) in [4.78, 5) is 12.7. The Kier molecular flexibility index (Phi) is 7.05. The van der Waals surface area contributed by atoms with Crippen molar-refractivity contribution in [3.05, 3.63) is 23.8 Å². The Labute approximate surface area is 138 Å². The first kappa shape index (κ1) is 19.0. The van der Waals surface area contributed by atoms with Crippen molar-refractivity contribution in [1.82, 2.24) is 0 Å². The van der Waals surface area contributed by atoms with Gasteiger partial charge in [-0.05, 0) is 43.9 Å². The fraction of sp³-hybridized carbons (Fsp3) is 0.556. The van der Waals surface area contributed by atoms with E-state index in [1.165, 1.54) is 7.11 Å². The first-order chi connectivity index (χ1) is 10.9. The van der Waals surface area contributed by atoms with Crippen LogP contribution in [0.1, 0.15) is 46.1 Å². The van der Waals surface area contributed by atoms with Gasteiger partial charge in [0.05, 0.1) is 12.7 Å². The van der Waals surface area contributed by atoms with Crippen LogP contribution < -0.4 is 10.1 Å². The van der Waals surface area contributed by atoms with Crippen molar-refractivity contribution >= 4 is 11.6 Å². The molecule has 0 aromatic heterocycles. The number of nitrogens with zero attached hydrogens (tertiary/aromatic N) is 1. The van der Waals surface area contributed by atoms with Gasteiger partial charge in [0.15, 0.2) is 0 Å². The van der Waals surface area contributed by atoms with Gasteiger partial charge in [-0.2, -0.15) is 5.26 Å². The molecule has 23 heavy (non-hydrogen) atoms. The molecule has 0 spiro atoms. The Morgan fingerprint density at radius 2 is 2.13 bits per heavy atom. The molecule has 1 aromatic carbocycles. The molecule has 1 rings (SSSR count). The second kappa shape index (κ2) is 8.54. The van der Waals surface area contributed by atoms with E-state index in [9.17, 15) is 4.79 Å². The summed E-state index contributed by atoms with van der Waals surface area (Å²) in [6.07, 6.45) is 1.47. The third-order valence-electron chi connectivity index (χ3n) is 3.48. The lowest BCUT2D eigenvalue weighted by Gasteiger charge is -2.30.